The molecule has 2 rings (SSSR count). The molecular formula is C14H13N3O4. The van der Waals surface area contributed by atoms with Crippen molar-refractivity contribution in [3.63, 3.8) is 0 Å². The van der Waals surface area contributed by atoms with Gasteiger partial charge in [-0.15, -0.1) is 0 Å². The number of rotatable bonds is 5. The van der Waals surface area contributed by atoms with Crippen LogP contribution < -0.4 is 5.32 Å². The summed E-state index contributed by atoms with van der Waals surface area (Å²) in [5.74, 6) is -1.22. The minimum Gasteiger partial charge on any atom is -0.478 e. The summed E-state index contributed by atoms with van der Waals surface area (Å²) < 4.78 is 0. The first-order chi connectivity index (χ1) is 10.0. The molecule has 0 saturated carbocycles. The Morgan fingerprint density at radius 1 is 1.38 bits per heavy atom. The Labute approximate surface area is 120 Å². The van der Waals surface area contributed by atoms with Crippen molar-refractivity contribution in [2.45, 2.75) is 13.5 Å². The molecule has 2 aromatic rings. The Morgan fingerprint density at radius 2 is 2.14 bits per heavy atom. The van der Waals surface area contributed by atoms with Crippen LogP contribution in [0.1, 0.15) is 21.6 Å². The van der Waals surface area contributed by atoms with E-state index in [9.17, 15) is 14.9 Å². The zero-order chi connectivity index (χ0) is 15.4. The minimum atomic E-state index is -1.22. The normalized spacial score (nSPS) is 10.1. The molecule has 1 aromatic carbocycles. The van der Waals surface area contributed by atoms with E-state index in [0.717, 1.165) is 5.56 Å². The van der Waals surface area contributed by atoms with Crippen LogP contribution in [0, 0.1) is 17.0 Å². The van der Waals surface area contributed by atoms with E-state index in [1.54, 1.807) is 12.3 Å². The van der Waals surface area contributed by atoms with Gasteiger partial charge in [0.15, 0.2) is 0 Å². The second-order valence-corrected chi connectivity index (χ2v) is 4.38. The van der Waals surface area contributed by atoms with Crippen molar-refractivity contribution in [3.05, 3.63) is 63.5 Å². The van der Waals surface area contributed by atoms with Crippen LogP contribution in [0.15, 0.2) is 36.5 Å². The van der Waals surface area contributed by atoms with Gasteiger partial charge in [0.25, 0.3) is 5.69 Å². The maximum absolute atomic E-state index is 11.2. The van der Waals surface area contributed by atoms with Crippen molar-refractivity contribution in [3.8, 4) is 0 Å². The minimum absolute atomic E-state index is 0.0138. The summed E-state index contributed by atoms with van der Waals surface area (Å²) in [6.45, 7) is 2.07. The summed E-state index contributed by atoms with van der Waals surface area (Å²) in [4.78, 5) is 25.8. The van der Waals surface area contributed by atoms with Crippen molar-refractivity contribution in [1.82, 2.24) is 4.98 Å². The van der Waals surface area contributed by atoms with Crippen molar-refractivity contribution < 1.29 is 14.8 Å². The second-order valence-electron chi connectivity index (χ2n) is 4.38. The van der Waals surface area contributed by atoms with Gasteiger partial charge in [-0.3, -0.25) is 15.1 Å². The number of para-hydroxylation sites is 1. The number of nitro groups is 1. The molecule has 2 N–H and O–H groups in total. The van der Waals surface area contributed by atoms with Gasteiger partial charge in [0.1, 0.15) is 5.69 Å². The number of nitrogens with one attached hydrogen (secondary N) is 1. The summed E-state index contributed by atoms with van der Waals surface area (Å²) in [5.41, 5.74) is 1.19. The number of anilines is 1. The quantitative estimate of drug-likeness (QED) is 0.646. The molecule has 0 radical (unpaired) electrons. The van der Waals surface area contributed by atoms with E-state index in [-0.39, 0.29) is 23.5 Å². The Hall–Kier alpha value is -2.96. The molecule has 108 valence electrons. The molecule has 0 amide bonds. The summed E-state index contributed by atoms with van der Waals surface area (Å²) in [6, 6.07) is 7.58. The molecule has 1 aromatic heterocycles. The number of aryl methyl sites for hydroxylation is 1. The Morgan fingerprint density at radius 3 is 2.76 bits per heavy atom. The van der Waals surface area contributed by atoms with E-state index in [2.05, 4.69) is 10.3 Å². The van der Waals surface area contributed by atoms with Gasteiger partial charge in [-0.2, -0.15) is 0 Å². The van der Waals surface area contributed by atoms with E-state index < -0.39 is 10.9 Å². The van der Waals surface area contributed by atoms with Gasteiger partial charge in [-0.1, -0.05) is 12.1 Å². The SMILES string of the molecule is Cc1cccnc1CNc1c(C(=O)O)cccc1[N+](=O)[O-]. The van der Waals surface area contributed by atoms with Gasteiger partial charge in [0.05, 0.1) is 22.7 Å². The third-order valence-corrected chi connectivity index (χ3v) is 3.02. The highest BCUT2D eigenvalue weighted by Crippen LogP contribution is 2.28. The van der Waals surface area contributed by atoms with E-state index in [0.29, 0.717) is 5.69 Å². The molecule has 0 aliphatic rings. The lowest BCUT2D eigenvalue weighted by atomic mass is 10.1. The number of carbonyl (C=O) groups is 1. The zero-order valence-corrected chi connectivity index (χ0v) is 11.2. The molecule has 7 heteroatoms. The number of carboxylic acids is 1. The summed E-state index contributed by atoms with van der Waals surface area (Å²) in [5, 5.41) is 23.0. The van der Waals surface area contributed by atoms with Gasteiger partial charge in [-0.25, -0.2) is 4.79 Å². The molecule has 0 fully saturated rings. The summed E-state index contributed by atoms with van der Waals surface area (Å²) in [7, 11) is 0. The summed E-state index contributed by atoms with van der Waals surface area (Å²) >= 11 is 0. The molecule has 0 saturated heterocycles. The molecule has 0 bridgehead atoms. The number of hydrogen-bond donors (Lipinski definition) is 2. The average molecular weight is 287 g/mol. The van der Waals surface area contributed by atoms with Crippen LogP contribution >= 0.6 is 0 Å². The van der Waals surface area contributed by atoms with Crippen molar-refractivity contribution in [2.24, 2.45) is 0 Å². The van der Waals surface area contributed by atoms with Crippen LogP contribution in [0.4, 0.5) is 11.4 Å². The number of nitro benzene ring substituents is 1. The second kappa shape index (κ2) is 6.00. The fourth-order valence-electron chi connectivity index (χ4n) is 1.93. The molecule has 1 heterocycles. The predicted molar refractivity (Wildman–Crippen MR) is 76.4 cm³/mol. The van der Waals surface area contributed by atoms with Crippen LogP contribution in [-0.2, 0) is 6.54 Å². The highest BCUT2D eigenvalue weighted by molar-refractivity contribution is 5.96. The van der Waals surface area contributed by atoms with Gasteiger partial charge in [-0.05, 0) is 24.6 Å². The maximum Gasteiger partial charge on any atom is 0.338 e. The van der Waals surface area contributed by atoms with Crippen molar-refractivity contribution >= 4 is 17.3 Å². The predicted octanol–water partition coefficient (Wildman–Crippen LogP) is 2.61. The Bertz CT molecular complexity index is 668. The van der Waals surface area contributed by atoms with Crippen molar-refractivity contribution in [2.75, 3.05) is 5.32 Å². The number of hydrogen-bond acceptors (Lipinski definition) is 5. The highest BCUT2D eigenvalue weighted by atomic mass is 16.6. The number of pyridine rings is 1. The molecule has 0 atom stereocenters. The van der Waals surface area contributed by atoms with E-state index >= 15 is 0 Å². The standard InChI is InChI=1S/C14H13N3O4/c1-9-4-3-7-15-11(9)8-16-13-10(14(18)19)5-2-6-12(13)17(20)21/h2-7,16H,8H2,1H3,(H,18,19). The van der Waals surface area contributed by atoms with E-state index in [4.69, 9.17) is 5.11 Å². The lowest BCUT2D eigenvalue weighted by Gasteiger charge is -2.10. The topological polar surface area (TPSA) is 105 Å². The molecule has 0 unspecified atom stereocenters. The monoisotopic (exact) mass is 287 g/mol. The molecular weight excluding hydrogens is 274 g/mol. The Balaban J connectivity index is 2.36. The van der Waals surface area contributed by atoms with E-state index in [1.807, 2.05) is 13.0 Å². The number of nitrogens with zero attached hydrogens (tertiary/aromatic N) is 2. The van der Waals surface area contributed by atoms with Gasteiger partial charge < -0.3 is 10.4 Å². The number of benzene rings is 1. The first kappa shape index (κ1) is 14.4. The largest absolute Gasteiger partial charge is 0.478 e. The molecule has 0 aliphatic carbocycles. The van der Waals surface area contributed by atoms with Crippen LogP contribution in [0.2, 0.25) is 0 Å². The number of carboxylic acid groups (broad SMARTS) is 1. The maximum atomic E-state index is 11.2. The third kappa shape index (κ3) is 3.14. The van der Waals surface area contributed by atoms with Crippen LogP contribution in [0.25, 0.3) is 0 Å². The first-order valence-electron chi connectivity index (χ1n) is 6.15. The third-order valence-electron chi connectivity index (χ3n) is 3.02. The van der Waals surface area contributed by atoms with Gasteiger partial charge in [0.2, 0.25) is 0 Å². The summed E-state index contributed by atoms with van der Waals surface area (Å²) in [6.07, 6.45) is 1.61. The lowest BCUT2D eigenvalue weighted by Crippen LogP contribution is -2.10. The molecule has 0 spiro atoms. The highest BCUT2D eigenvalue weighted by Gasteiger charge is 2.21. The van der Waals surface area contributed by atoms with Crippen LogP contribution in [-0.4, -0.2) is 21.0 Å². The van der Waals surface area contributed by atoms with Crippen LogP contribution in [0.3, 0.4) is 0 Å². The molecule has 7 nitrogen and oxygen atoms in total. The lowest BCUT2D eigenvalue weighted by molar-refractivity contribution is -0.384. The van der Waals surface area contributed by atoms with Crippen LogP contribution in [0.5, 0.6) is 0 Å². The Kier molecular flexibility index (Phi) is 4.13. The van der Waals surface area contributed by atoms with Gasteiger partial charge in [0, 0.05) is 12.3 Å². The van der Waals surface area contributed by atoms with Crippen molar-refractivity contribution in [1.29, 1.82) is 0 Å². The molecule has 0 aliphatic heterocycles. The molecule has 21 heavy (non-hydrogen) atoms. The zero-order valence-electron chi connectivity index (χ0n) is 11.2. The fourth-order valence-corrected chi connectivity index (χ4v) is 1.93. The first-order valence-corrected chi connectivity index (χ1v) is 6.15. The smallest absolute Gasteiger partial charge is 0.338 e. The average Bonchev–Trinajstić information content (AvgIpc) is 2.45. The number of aromatic nitrogens is 1. The number of aromatic carboxylic acids is 1. The van der Waals surface area contributed by atoms with E-state index in [1.165, 1.54) is 18.2 Å². The van der Waals surface area contributed by atoms with Gasteiger partial charge >= 0.3 is 5.97 Å². The fraction of sp³-hybridized carbons (Fsp3) is 0.143.